The third-order valence-corrected chi connectivity index (χ3v) is 3.50. The van der Waals surface area contributed by atoms with Gasteiger partial charge in [-0.25, -0.2) is 0 Å². The lowest BCUT2D eigenvalue weighted by Gasteiger charge is -2.26. The van der Waals surface area contributed by atoms with Crippen LogP contribution in [0.3, 0.4) is 0 Å². The lowest BCUT2D eigenvalue weighted by atomic mass is 9.88. The molecule has 17 heavy (non-hydrogen) atoms. The van der Waals surface area contributed by atoms with Crippen LogP contribution in [-0.4, -0.2) is 23.0 Å². The standard InChI is InChI=1S/C13H23NO3/c1-9(2)11(8-12(15)16)14-13(17)10-6-4-3-5-7-10/h9-11H,3-8H2,1-2H3,(H,14,17)(H,15,16). The number of aliphatic carboxylic acids is 1. The van der Waals surface area contributed by atoms with Gasteiger partial charge in [-0.05, 0) is 18.8 Å². The Kier molecular flexibility index (Phi) is 5.45. The average molecular weight is 241 g/mol. The maximum Gasteiger partial charge on any atom is 0.305 e. The summed E-state index contributed by atoms with van der Waals surface area (Å²) in [5.41, 5.74) is 0. The van der Waals surface area contributed by atoms with E-state index in [0.29, 0.717) is 0 Å². The first kappa shape index (κ1) is 14.0. The first-order chi connectivity index (χ1) is 8.00. The quantitative estimate of drug-likeness (QED) is 0.775. The maximum atomic E-state index is 12.0. The fourth-order valence-corrected chi connectivity index (χ4v) is 2.31. The first-order valence-electron chi connectivity index (χ1n) is 6.53. The van der Waals surface area contributed by atoms with Crippen LogP contribution in [0.1, 0.15) is 52.4 Å². The molecule has 1 amide bonds. The second kappa shape index (κ2) is 6.62. The van der Waals surface area contributed by atoms with Crippen molar-refractivity contribution in [2.45, 2.75) is 58.4 Å². The molecule has 0 bridgehead atoms. The molecule has 4 nitrogen and oxygen atoms in total. The second-order valence-electron chi connectivity index (χ2n) is 5.29. The Balaban J connectivity index is 2.47. The van der Waals surface area contributed by atoms with Gasteiger partial charge in [-0.2, -0.15) is 0 Å². The largest absolute Gasteiger partial charge is 0.481 e. The molecule has 1 fully saturated rings. The van der Waals surface area contributed by atoms with E-state index in [9.17, 15) is 9.59 Å². The van der Waals surface area contributed by atoms with Crippen molar-refractivity contribution in [3.05, 3.63) is 0 Å². The summed E-state index contributed by atoms with van der Waals surface area (Å²) in [5.74, 6) is -0.560. The number of hydrogen-bond acceptors (Lipinski definition) is 2. The van der Waals surface area contributed by atoms with E-state index in [1.807, 2.05) is 13.8 Å². The number of carboxylic acid groups (broad SMARTS) is 1. The smallest absolute Gasteiger partial charge is 0.305 e. The zero-order valence-electron chi connectivity index (χ0n) is 10.7. The van der Waals surface area contributed by atoms with Crippen molar-refractivity contribution in [2.24, 2.45) is 11.8 Å². The second-order valence-corrected chi connectivity index (χ2v) is 5.29. The predicted octanol–water partition coefficient (Wildman–Crippen LogP) is 2.18. The van der Waals surface area contributed by atoms with Gasteiger partial charge in [-0.1, -0.05) is 33.1 Å². The van der Waals surface area contributed by atoms with Gasteiger partial charge in [0.2, 0.25) is 5.91 Å². The molecule has 98 valence electrons. The number of hydrogen-bond donors (Lipinski definition) is 2. The van der Waals surface area contributed by atoms with Crippen LogP contribution in [0.5, 0.6) is 0 Å². The minimum absolute atomic E-state index is 0.0100. The molecule has 0 saturated heterocycles. The van der Waals surface area contributed by atoms with E-state index in [1.165, 1.54) is 6.42 Å². The summed E-state index contributed by atoms with van der Waals surface area (Å²) < 4.78 is 0. The minimum Gasteiger partial charge on any atom is -0.481 e. The third-order valence-electron chi connectivity index (χ3n) is 3.50. The molecule has 0 radical (unpaired) electrons. The Hall–Kier alpha value is -1.06. The van der Waals surface area contributed by atoms with E-state index in [-0.39, 0.29) is 30.2 Å². The van der Waals surface area contributed by atoms with Gasteiger partial charge >= 0.3 is 5.97 Å². The summed E-state index contributed by atoms with van der Waals surface area (Å²) >= 11 is 0. The normalized spacial score (nSPS) is 19.0. The van der Waals surface area contributed by atoms with Gasteiger partial charge in [-0.15, -0.1) is 0 Å². The Bertz CT molecular complexity index is 270. The number of carbonyl (C=O) groups excluding carboxylic acids is 1. The third kappa shape index (κ3) is 4.75. The highest BCUT2D eigenvalue weighted by atomic mass is 16.4. The number of carbonyl (C=O) groups is 2. The molecular formula is C13H23NO3. The van der Waals surface area contributed by atoms with Gasteiger partial charge in [0, 0.05) is 12.0 Å². The van der Waals surface area contributed by atoms with Crippen LogP contribution in [0.15, 0.2) is 0 Å². The van der Waals surface area contributed by atoms with Crippen molar-refractivity contribution < 1.29 is 14.7 Å². The van der Waals surface area contributed by atoms with E-state index in [4.69, 9.17) is 5.11 Å². The van der Waals surface area contributed by atoms with Gasteiger partial charge in [-0.3, -0.25) is 9.59 Å². The summed E-state index contributed by atoms with van der Waals surface area (Å²) in [6.45, 7) is 3.88. The van der Waals surface area contributed by atoms with Gasteiger partial charge in [0.05, 0.1) is 6.42 Å². The van der Waals surface area contributed by atoms with Crippen LogP contribution in [0.2, 0.25) is 0 Å². The number of carboxylic acids is 1. The van der Waals surface area contributed by atoms with Gasteiger partial charge in [0.25, 0.3) is 0 Å². The fourth-order valence-electron chi connectivity index (χ4n) is 2.31. The summed E-state index contributed by atoms with van der Waals surface area (Å²) in [6.07, 6.45) is 5.35. The maximum absolute atomic E-state index is 12.0. The van der Waals surface area contributed by atoms with E-state index in [0.717, 1.165) is 25.7 Å². The van der Waals surface area contributed by atoms with Crippen LogP contribution in [0.25, 0.3) is 0 Å². The Labute approximate surface area is 103 Å². The molecule has 1 unspecified atom stereocenters. The molecule has 1 rings (SSSR count). The topological polar surface area (TPSA) is 66.4 Å². The molecule has 0 aromatic rings. The highest BCUT2D eigenvalue weighted by Gasteiger charge is 2.25. The SMILES string of the molecule is CC(C)C(CC(=O)O)NC(=O)C1CCCCC1. The molecule has 0 aliphatic heterocycles. The lowest BCUT2D eigenvalue weighted by molar-refractivity contribution is -0.138. The van der Waals surface area contributed by atoms with Crippen molar-refractivity contribution >= 4 is 11.9 Å². The Morgan fingerprint density at radius 2 is 1.82 bits per heavy atom. The van der Waals surface area contributed by atoms with Crippen LogP contribution in [-0.2, 0) is 9.59 Å². The lowest BCUT2D eigenvalue weighted by Crippen LogP contribution is -2.43. The van der Waals surface area contributed by atoms with Crippen LogP contribution >= 0.6 is 0 Å². The average Bonchev–Trinajstić information content (AvgIpc) is 2.28. The summed E-state index contributed by atoms with van der Waals surface area (Å²) in [7, 11) is 0. The van der Waals surface area contributed by atoms with Gasteiger partial charge < -0.3 is 10.4 Å². The molecule has 2 N–H and O–H groups in total. The van der Waals surface area contributed by atoms with Gasteiger partial charge in [0.1, 0.15) is 0 Å². The van der Waals surface area contributed by atoms with Crippen molar-refractivity contribution in [2.75, 3.05) is 0 Å². The molecular weight excluding hydrogens is 218 g/mol. The molecule has 0 heterocycles. The van der Waals surface area contributed by atoms with E-state index in [2.05, 4.69) is 5.32 Å². The monoisotopic (exact) mass is 241 g/mol. The van der Waals surface area contributed by atoms with Crippen molar-refractivity contribution in [1.29, 1.82) is 0 Å². The van der Waals surface area contributed by atoms with E-state index >= 15 is 0 Å². The van der Waals surface area contributed by atoms with E-state index < -0.39 is 5.97 Å². The minimum atomic E-state index is -0.854. The molecule has 0 spiro atoms. The van der Waals surface area contributed by atoms with Crippen LogP contribution in [0.4, 0.5) is 0 Å². The molecule has 4 heteroatoms. The molecule has 0 aromatic carbocycles. The number of nitrogens with one attached hydrogen (secondary N) is 1. The zero-order chi connectivity index (χ0) is 12.8. The predicted molar refractivity (Wildman–Crippen MR) is 65.6 cm³/mol. The van der Waals surface area contributed by atoms with Crippen molar-refractivity contribution in [1.82, 2.24) is 5.32 Å². The highest BCUT2D eigenvalue weighted by Crippen LogP contribution is 2.24. The fraction of sp³-hybridized carbons (Fsp3) is 0.846. The molecule has 1 saturated carbocycles. The zero-order valence-corrected chi connectivity index (χ0v) is 10.7. The molecule has 1 aliphatic rings. The number of rotatable bonds is 5. The Morgan fingerprint density at radius 1 is 1.24 bits per heavy atom. The van der Waals surface area contributed by atoms with Gasteiger partial charge in [0.15, 0.2) is 0 Å². The molecule has 0 aromatic heterocycles. The first-order valence-corrected chi connectivity index (χ1v) is 6.53. The van der Waals surface area contributed by atoms with Crippen molar-refractivity contribution in [3.8, 4) is 0 Å². The molecule has 1 atom stereocenters. The number of amides is 1. The van der Waals surface area contributed by atoms with Crippen LogP contribution < -0.4 is 5.32 Å². The Morgan fingerprint density at radius 3 is 2.29 bits per heavy atom. The summed E-state index contributed by atoms with van der Waals surface area (Å²) in [5, 5.41) is 11.7. The summed E-state index contributed by atoms with van der Waals surface area (Å²) in [4.78, 5) is 22.7. The van der Waals surface area contributed by atoms with E-state index in [1.54, 1.807) is 0 Å². The van der Waals surface area contributed by atoms with Crippen LogP contribution in [0, 0.1) is 11.8 Å². The molecule has 1 aliphatic carbocycles. The summed E-state index contributed by atoms with van der Waals surface area (Å²) in [6, 6.07) is -0.248. The highest BCUT2D eigenvalue weighted by molar-refractivity contribution is 5.79. The van der Waals surface area contributed by atoms with Crippen molar-refractivity contribution in [3.63, 3.8) is 0 Å².